The SMILES string of the molecule is Cc1ccc(C(C)C)cc1OC(C)C(=O)N1CCC(O)(C(=O)O)CC1. The normalized spacial score (nSPS) is 18.1. The molecule has 0 aliphatic carbocycles. The van der Waals surface area contributed by atoms with Crippen LogP contribution in [0.4, 0.5) is 0 Å². The fourth-order valence-electron chi connectivity index (χ4n) is 2.91. The number of rotatable bonds is 5. The van der Waals surface area contributed by atoms with E-state index in [1.54, 1.807) is 11.8 Å². The summed E-state index contributed by atoms with van der Waals surface area (Å²) in [5.41, 5.74) is 0.371. The van der Waals surface area contributed by atoms with Gasteiger partial charge in [0, 0.05) is 25.9 Å². The molecule has 0 saturated carbocycles. The van der Waals surface area contributed by atoms with E-state index in [-0.39, 0.29) is 31.8 Å². The molecule has 1 unspecified atom stereocenters. The van der Waals surface area contributed by atoms with Gasteiger partial charge in [-0.2, -0.15) is 0 Å². The number of hydrogen-bond donors (Lipinski definition) is 2. The maximum absolute atomic E-state index is 12.6. The lowest BCUT2D eigenvalue weighted by atomic mass is 9.91. The van der Waals surface area contributed by atoms with Crippen LogP contribution in [0.2, 0.25) is 0 Å². The fourth-order valence-corrected chi connectivity index (χ4v) is 2.91. The lowest BCUT2D eigenvalue weighted by molar-refractivity contribution is -0.166. The third-order valence-corrected chi connectivity index (χ3v) is 4.83. The van der Waals surface area contributed by atoms with Crippen LogP contribution in [0, 0.1) is 6.92 Å². The van der Waals surface area contributed by atoms with Crippen LogP contribution in [0.1, 0.15) is 50.7 Å². The molecule has 1 aromatic carbocycles. The number of carbonyl (C=O) groups excluding carboxylic acids is 1. The maximum Gasteiger partial charge on any atom is 0.335 e. The summed E-state index contributed by atoms with van der Waals surface area (Å²) < 4.78 is 5.88. The van der Waals surface area contributed by atoms with Crippen molar-refractivity contribution >= 4 is 11.9 Å². The summed E-state index contributed by atoms with van der Waals surface area (Å²) >= 11 is 0. The molecule has 1 amide bonds. The molecule has 2 N–H and O–H groups in total. The average Bonchev–Trinajstić information content (AvgIpc) is 2.56. The predicted molar refractivity (Wildman–Crippen MR) is 93.8 cm³/mol. The van der Waals surface area contributed by atoms with E-state index in [0.29, 0.717) is 11.7 Å². The lowest BCUT2D eigenvalue weighted by Crippen LogP contribution is -2.53. The standard InChI is InChI=1S/C19H27NO5/c1-12(2)15-6-5-13(3)16(11-15)25-14(4)17(21)20-9-7-19(24,8-10-20)18(22)23/h5-6,11-12,14,24H,7-10H2,1-4H3,(H,22,23). The minimum absolute atomic E-state index is 0.0304. The van der Waals surface area contributed by atoms with E-state index in [4.69, 9.17) is 9.84 Å². The summed E-state index contributed by atoms with van der Waals surface area (Å²) in [4.78, 5) is 25.2. The van der Waals surface area contributed by atoms with E-state index in [2.05, 4.69) is 19.9 Å². The number of benzene rings is 1. The number of amides is 1. The van der Waals surface area contributed by atoms with E-state index in [1.807, 2.05) is 19.1 Å². The Morgan fingerprint density at radius 1 is 1.20 bits per heavy atom. The van der Waals surface area contributed by atoms with Gasteiger partial charge in [-0.05, 0) is 37.0 Å². The Hall–Kier alpha value is -2.08. The molecular weight excluding hydrogens is 322 g/mol. The molecule has 0 spiro atoms. The van der Waals surface area contributed by atoms with E-state index < -0.39 is 17.7 Å². The van der Waals surface area contributed by atoms with Gasteiger partial charge in [-0.15, -0.1) is 0 Å². The topological polar surface area (TPSA) is 87.1 Å². The number of carbonyl (C=O) groups is 2. The van der Waals surface area contributed by atoms with Gasteiger partial charge in [-0.3, -0.25) is 4.79 Å². The highest BCUT2D eigenvalue weighted by Crippen LogP contribution is 2.27. The van der Waals surface area contributed by atoms with Crippen molar-refractivity contribution in [1.82, 2.24) is 4.90 Å². The molecule has 0 aromatic heterocycles. The molecule has 138 valence electrons. The molecule has 25 heavy (non-hydrogen) atoms. The number of aliphatic hydroxyl groups is 1. The van der Waals surface area contributed by atoms with Crippen molar-refractivity contribution < 1.29 is 24.5 Å². The van der Waals surface area contributed by atoms with Crippen LogP contribution in [0.3, 0.4) is 0 Å². The number of aliphatic carboxylic acids is 1. The van der Waals surface area contributed by atoms with Gasteiger partial charge in [0.05, 0.1) is 0 Å². The number of carboxylic acids is 1. The van der Waals surface area contributed by atoms with Crippen LogP contribution in [-0.4, -0.2) is 51.8 Å². The molecule has 0 bridgehead atoms. The van der Waals surface area contributed by atoms with Crippen molar-refractivity contribution in [2.75, 3.05) is 13.1 Å². The van der Waals surface area contributed by atoms with Gasteiger partial charge in [-0.25, -0.2) is 4.79 Å². The zero-order valence-electron chi connectivity index (χ0n) is 15.3. The van der Waals surface area contributed by atoms with Crippen molar-refractivity contribution in [1.29, 1.82) is 0 Å². The number of nitrogens with zero attached hydrogens (tertiary/aromatic N) is 1. The van der Waals surface area contributed by atoms with E-state index in [9.17, 15) is 14.7 Å². The first-order valence-electron chi connectivity index (χ1n) is 8.66. The minimum Gasteiger partial charge on any atom is -0.481 e. The van der Waals surface area contributed by atoms with Crippen LogP contribution in [-0.2, 0) is 9.59 Å². The summed E-state index contributed by atoms with van der Waals surface area (Å²) in [6, 6.07) is 6.00. The highest BCUT2D eigenvalue weighted by molar-refractivity contribution is 5.82. The van der Waals surface area contributed by atoms with E-state index in [1.165, 1.54) is 0 Å². The summed E-state index contributed by atoms with van der Waals surface area (Å²) in [6.45, 7) is 8.24. The second-order valence-electron chi connectivity index (χ2n) is 7.10. The predicted octanol–water partition coefficient (Wildman–Crippen LogP) is 2.32. The third-order valence-electron chi connectivity index (χ3n) is 4.83. The van der Waals surface area contributed by atoms with Crippen LogP contribution < -0.4 is 4.74 Å². The molecule has 0 radical (unpaired) electrons. The van der Waals surface area contributed by atoms with Crippen molar-refractivity contribution in [3.63, 3.8) is 0 Å². The highest BCUT2D eigenvalue weighted by atomic mass is 16.5. The van der Waals surface area contributed by atoms with Gasteiger partial charge >= 0.3 is 5.97 Å². The zero-order valence-corrected chi connectivity index (χ0v) is 15.3. The van der Waals surface area contributed by atoms with Gasteiger partial charge in [0.1, 0.15) is 5.75 Å². The molecule has 2 rings (SSSR count). The lowest BCUT2D eigenvalue weighted by Gasteiger charge is -2.36. The van der Waals surface area contributed by atoms with Gasteiger partial charge in [0.25, 0.3) is 5.91 Å². The van der Waals surface area contributed by atoms with Gasteiger partial charge < -0.3 is 19.8 Å². The average molecular weight is 349 g/mol. The number of carboxylic acid groups (broad SMARTS) is 1. The molecule has 1 atom stereocenters. The number of hydrogen-bond acceptors (Lipinski definition) is 4. The van der Waals surface area contributed by atoms with Crippen molar-refractivity contribution in [2.45, 2.75) is 58.2 Å². The smallest absolute Gasteiger partial charge is 0.335 e. The molecule has 1 fully saturated rings. The van der Waals surface area contributed by atoms with E-state index >= 15 is 0 Å². The maximum atomic E-state index is 12.6. The minimum atomic E-state index is -1.73. The first kappa shape index (κ1) is 19.2. The van der Waals surface area contributed by atoms with Crippen molar-refractivity contribution in [2.24, 2.45) is 0 Å². The first-order chi connectivity index (χ1) is 11.6. The van der Waals surface area contributed by atoms with Crippen molar-refractivity contribution in [3.8, 4) is 5.75 Å². The molecule has 1 aromatic rings. The van der Waals surface area contributed by atoms with Crippen LogP contribution in [0.5, 0.6) is 5.75 Å². The quantitative estimate of drug-likeness (QED) is 0.852. The molecule has 1 aliphatic heterocycles. The van der Waals surface area contributed by atoms with Gasteiger partial charge in [0.2, 0.25) is 0 Å². The Kier molecular flexibility index (Phi) is 5.72. The van der Waals surface area contributed by atoms with Crippen LogP contribution in [0.25, 0.3) is 0 Å². The molecule has 1 heterocycles. The van der Waals surface area contributed by atoms with E-state index in [0.717, 1.165) is 11.1 Å². The Balaban J connectivity index is 2.02. The largest absolute Gasteiger partial charge is 0.481 e. The summed E-state index contributed by atoms with van der Waals surface area (Å²) in [6.07, 6.45) is -0.608. The molecule has 1 aliphatic rings. The fraction of sp³-hybridized carbons (Fsp3) is 0.579. The second kappa shape index (κ2) is 7.44. The Labute approximate surface area is 148 Å². The van der Waals surface area contributed by atoms with Crippen LogP contribution in [0.15, 0.2) is 18.2 Å². The second-order valence-corrected chi connectivity index (χ2v) is 7.10. The first-order valence-corrected chi connectivity index (χ1v) is 8.66. The monoisotopic (exact) mass is 349 g/mol. The number of ether oxygens (including phenoxy) is 1. The highest BCUT2D eigenvalue weighted by Gasteiger charge is 2.41. The zero-order chi connectivity index (χ0) is 18.8. The van der Waals surface area contributed by atoms with Gasteiger partial charge in [-0.1, -0.05) is 26.0 Å². The molecular formula is C19H27NO5. The molecule has 1 saturated heterocycles. The Morgan fingerprint density at radius 2 is 1.80 bits per heavy atom. The number of aryl methyl sites for hydroxylation is 1. The Morgan fingerprint density at radius 3 is 2.32 bits per heavy atom. The third kappa shape index (κ3) is 4.31. The molecule has 6 nitrogen and oxygen atoms in total. The van der Waals surface area contributed by atoms with Crippen LogP contribution >= 0.6 is 0 Å². The molecule has 6 heteroatoms. The summed E-state index contributed by atoms with van der Waals surface area (Å²) in [7, 11) is 0. The summed E-state index contributed by atoms with van der Waals surface area (Å²) in [5, 5.41) is 19.0. The Bertz CT molecular complexity index is 647. The summed E-state index contributed by atoms with van der Waals surface area (Å²) in [5.74, 6) is -0.373. The number of likely N-dealkylation sites (tertiary alicyclic amines) is 1. The van der Waals surface area contributed by atoms with Crippen molar-refractivity contribution in [3.05, 3.63) is 29.3 Å². The van der Waals surface area contributed by atoms with Gasteiger partial charge in [0.15, 0.2) is 11.7 Å². The number of piperidine rings is 1.